The summed E-state index contributed by atoms with van der Waals surface area (Å²) >= 11 is 0. The van der Waals surface area contributed by atoms with Gasteiger partial charge in [-0.2, -0.15) is 0 Å². The Hall–Kier alpha value is -0.850. The molecule has 0 saturated carbocycles. The molecule has 1 aromatic rings. The van der Waals surface area contributed by atoms with Gasteiger partial charge in [0.25, 0.3) is 0 Å². The molecular formula is C15H23F. The van der Waals surface area contributed by atoms with E-state index in [-0.39, 0.29) is 11.7 Å². The smallest absolute Gasteiger partial charge is 0.127 e. The minimum atomic E-state index is -0.0231. The number of halogens is 1. The van der Waals surface area contributed by atoms with Crippen LogP contribution in [0, 0.1) is 11.7 Å². The summed E-state index contributed by atoms with van der Waals surface area (Å²) in [5.41, 5.74) is 3.20. The number of hydrogen-bond acceptors (Lipinski definition) is 0. The first-order valence-electron chi connectivity index (χ1n) is 6.26. The Morgan fingerprint density at radius 1 is 1.12 bits per heavy atom. The Balaban J connectivity index is 3.16. The van der Waals surface area contributed by atoms with E-state index in [0.717, 1.165) is 24.0 Å². The molecule has 0 heterocycles. The van der Waals surface area contributed by atoms with Gasteiger partial charge in [-0.1, -0.05) is 40.7 Å². The van der Waals surface area contributed by atoms with Gasteiger partial charge < -0.3 is 0 Å². The van der Waals surface area contributed by atoms with Crippen molar-refractivity contribution in [2.45, 2.75) is 53.4 Å². The summed E-state index contributed by atoms with van der Waals surface area (Å²) in [6.45, 7) is 10.5. The summed E-state index contributed by atoms with van der Waals surface area (Å²) in [5, 5.41) is 0. The average Bonchev–Trinajstić information content (AvgIpc) is 2.14. The molecule has 0 aromatic heterocycles. The van der Waals surface area contributed by atoms with E-state index in [0.29, 0.717) is 5.92 Å². The first-order chi connectivity index (χ1) is 7.45. The minimum absolute atomic E-state index is 0.0231. The van der Waals surface area contributed by atoms with E-state index in [1.165, 1.54) is 5.56 Å². The van der Waals surface area contributed by atoms with Crippen LogP contribution in [-0.2, 0) is 12.8 Å². The largest absolute Gasteiger partial charge is 0.207 e. The lowest BCUT2D eigenvalue weighted by atomic mass is 9.91. The van der Waals surface area contributed by atoms with Crippen LogP contribution >= 0.6 is 0 Å². The fourth-order valence-electron chi connectivity index (χ4n) is 2.27. The van der Waals surface area contributed by atoms with Crippen LogP contribution in [0.1, 0.15) is 57.2 Å². The Kier molecular flexibility index (Phi) is 4.52. The summed E-state index contributed by atoms with van der Waals surface area (Å²) < 4.78 is 14.0. The van der Waals surface area contributed by atoms with Crippen molar-refractivity contribution in [3.63, 3.8) is 0 Å². The fraction of sp³-hybridized carbons (Fsp3) is 0.600. The molecule has 0 aliphatic rings. The summed E-state index contributed by atoms with van der Waals surface area (Å²) in [5.74, 6) is 0.821. The standard InChI is InChI=1S/C15H23F/c1-6-13-8-12(7-10(2)3)9-14(16)15(13)11(4)5/h8-11H,6-7H2,1-5H3. The Morgan fingerprint density at radius 2 is 1.75 bits per heavy atom. The second-order valence-corrected chi connectivity index (χ2v) is 5.26. The zero-order valence-electron chi connectivity index (χ0n) is 11.1. The Bertz CT molecular complexity index is 351. The highest BCUT2D eigenvalue weighted by atomic mass is 19.1. The van der Waals surface area contributed by atoms with Crippen LogP contribution in [0.15, 0.2) is 12.1 Å². The average molecular weight is 222 g/mol. The summed E-state index contributed by atoms with van der Waals surface area (Å²) in [7, 11) is 0. The molecule has 0 N–H and O–H groups in total. The van der Waals surface area contributed by atoms with Crippen molar-refractivity contribution in [2.75, 3.05) is 0 Å². The third kappa shape index (κ3) is 3.07. The molecule has 0 aliphatic heterocycles. The lowest BCUT2D eigenvalue weighted by Gasteiger charge is -2.15. The van der Waals surface area contributed by atoms with Crippen LogP contribution in [0.5, 0.6) is 0 Å². The molecule has 1 aromatic carbocycles. The van der Waals surface area contributed by atoms with Crippen molar-refractivity contribution in [3.05, 3.63) is 34.6 Å². The molecule has 0 fully saturated rings. The highest BCUT2D eigenvalue weighted by molar-refractivity contribution is 5.35. The van der Waals surface area contributed by atoms with Crippen molar-refractivity contribution < 1.29 is 4.39 Å². The third-order valence-corrected chi connectivity index (χ3v) is 2.88. The molecule has 16 heavy (non-hydrogen) atoms. The third-order valence-electron chi connectivity index (χ3n) is 2.88. The SMILES string of the molecule is CCc1cc(CC(C)C)cc(F)c1C(C)C. The minimum Gasteiger partial charge on any atom is -0.207 e. The van der Waals surface area contributed by atoms with Crippen LogP contribution in [0.4, 0.5) is 4.39 Å². The quantitative estimate of drug-likeness (QED) is 0.692. The van der Waals surface area contributed by atoms with Crippen LogP contribution in [0.3, 0.4) is 0 Å². The zero-order valence-corrected chi connectivity index (χ0v) is 11.1. The van der Waals surface area contributed by atoms with E-state index in [1.54, 1.807) is 6.07 Å². The molecule has 0 atom stereocenters. The van der Waals surface area contributed by atoms with Crippen molar-refractivity contribution in [1.82, 2.24) is 0 Å². The van der Waals surface area contributed by atoms with E-state index < -0.39 is 0 Å². The van der Waals surface area contributed by atoms with Gasteiger partial charge in [-0.15, -0.1) is 0 Å². The van der Waals surface area contributed by atoms with Crippen molar-refractivity contribution in [1.29, 1.82) is 0 Å². The van der Waals surface area contributed by atoms with Gasteiger partial charge in [0.1, 0.15) is 5.82 Å². The second kappa shape index (κ2) is 5.47. The lowest BCUT2D eigenvalue weighted by Crippen LogP contribution is -2.03. The monoisotopic (exact) mass is 222 g/mol. The van der Waals surface area contributed by atoms with Crippen LogP contribution in [0.2, 0.25) is 0 Å². The van der Waals surface area contributed by atoms with E-state index in [1.807, 2.05) is 0 Å². The molecule has 0 unspecified atom stereocenters. The van der Waals surface area contributed by atoms with Gasteiger partial charge in [0.15, 0.2) is 0 Å². The second-order valence-electron chi connectivity index (χ2n) is 5.26. The first-order valence-corrected chi connectivity index (χ1v) is 6.26. The first kappa shape index (κ1) is 13.2. The Labute approximate surface area is 98.9 Å². The van der Waals surface area contributed by atoms with E-state index >= 15 is 0 Å². The highest BCUT2D eigenvalue weighted by Crippen LogP contribution is 2.26. The molecule has 0 amide bonds. The molecule has 0 aliphatic carbocycles. The lowest BCUT2D eigenvalue weighted by molar-refractivity contribution is 0.584. The van der Waals surface area contributed by atoms with Crippen molar-refractivity contribution in [2.24, 2.45) is 5.92 Å². The van der Waals surface area contributed by atoms with Crippen molar-refractivity contribution in [3.8, 4) is 0 Å². The molecule has 1 rings (SSSR count). The van der Waals surface area contributed by atoms with Crippen LogP contribution < -0.4 is 0 Å². The normalized spacial score (nSPS) is 11.5. The van der Waals surface area contributed by atoms with Crippen molar-refractivity contribution >= 4 is 0 Å². The molecule has 0 saturated heterocycles. The van der Waals surface area contributed by atoms with Gasteiger partial charge in [0, 0.05) is 0 Å². The summed E-state index contributed by atoms with van der Waals surface area (Å²) in [4.78, 5) is 0. The summed E-state index contributed by atoms with van der Waals surface area (Å²) in [6, 6.07) is 3.90. The maximum absolute atomic E-state index is 14.0. The molecule has 0 radical (unpaired) electrons. The number of rotatable bonds is 4. The van der Waals surface area contributed by atoms with Gasteiger partial charge in [-0.05, 0) is 47.4 Å². The van der Waals surface area contributed by atoms with Gasteiger partial charge >= 0.3 is 0 Å². The topological polar surface area (TPSA) is 0 Å². The predicted molar refractivity (Wildman–Crippen MR) is 68.4 cm³/mol. The zero-order chi connectivity index (χ0) is 12.3. The predicted octanol–water partition coefficient (Wildman–Crippen LogP) is 4.71. The van der Waals surface area contributed by atoms with Crippen LogP contribution in [-0.4, -0.2) is 0 Å². The maximum Gasteiger partial charge on any atom is 0.127 e. The Morgan fingerprint density at radius 3 is 2.19 bits per heavy atom. The van der Waals surface area contributed by atoms with Gasteiger partial charge in [-0.25, -0.2) is 4.39 Å². The number of benzene rings is 1. The van der Waals surface area contributed by atoms with Crippen LogP contribution in [0.25, 0.3) is 0 Å². The van der Waals surface area contributed by atoms with Gasteiger partial charge in [-0.3, -0.25) is 0 Å². The van der Waals surface area contributed by atoms with E-state index in [2.05, 4.69) is 40.7 Å². The molecule has 0 bridgehead atoms. The molecule has 0 nitrogen and oxygen atoms in total. The summed E-state index contributed by atoms with van der Waals surface area (Å²) in [6.07, 6.45) is 1.87. The number of hydrogen-bond donors (Lipinski definition) is 0. The van der Waals surface area contributed by atoms with E-state index in [4.69, 9.17) is 0 Å². The molecule has 1 heteroatoms. The highest BCUT2D eigenvalue weighted by Gasteiger charge is 2.13. The maximum atomic E-state index is 14.0. The fourth-order valence-corrected chi connectivity index (χ4v) is 2.27. The van der Waals surface area contributed by atoms with Gasteiger partial charge in [0.2, 0.25) is 0 Å². The molecule has 90 valence electrons. The number of aryl methyl sites for hydroxylation is 1. The van der Waals surface area contributed by atoms with Gasteiger partial charge in [0.05, 0.1) is 0 Å². The molecular weight excluding hydrogens is 199 g/mol. The van der Waals surface area contributed by atoms with E-state index in [9.17, 15) is 4.39 Å². The molecule has 0 spiro atoms.